The van der Waals surface area contributed by atoms with Crippen LogP contribution in [-0.2, 0) is 14.3 Å². The van der Waals surface area contributed by atoms with Gasteiger partial charge in [0.2, 0.25) is 0 Å². The van der Waals surface area contributed by atoms with E-state index >= 15 is 0 Å². The Morgan fingerprint density at radius 3 is 2.28 bits per heavy atom. The Morgan fingerprint density at radius 2 is 1.64 bits per heavy atom. The summed E-state index contributed by atoms with van der Waals surface area (Å²) in [4.78, 5) is 24.5. The SMILES string of the molecule is CC[C@H](C(=O)OCC(=O)Nc1ccccc1C(C)C)c1ccccc1. The topological polar surface area (TPSA) is 55.4 Å². The number of nitrogens with one attached hydrogen (secondary N) is 1. The van der Waals surface area contributed by atoms with Crippen LogP contribution in [0.25, 0.3) is 0 Å². The van der Waals surface area contributed by atoms with Crippen LogP contribution in [0.4, 0.5) is 5.69 Å². The molecule has 0 aromatic heterocycles. The highest BCUT2D eigenvalue weighted by atomic mass is 16.5. The molecule has 2 aromatic rings. The highest BCUT2D eigenvalue weighted by Crippen LogP contribution is 2.24. The molecular formula is C21H25NO3. The third-order valence-electron chi connectivity index (χ3n) is 4.10. The van der Waals surface area contributed by atoms with Gasteiger partial charge in [0.05, 0.1) is 5.92 Å². The molecule has 0 heterocycles. The maximum Gasteiger partial charge on any atom is 0.313 e. The van der Waals surface area contributed by atoms with Gasteiger partial charge in [0.1, 0.15) is 0 Å². The van der Waals surface area contributed by atoms with Gasteiger partial charge in [-0.05, 0) is 29.5 Å². The van der Waals surface area contributed by atoms with Crippen LogP contribution in [0.1, 0.15) is 50.2 Å². The molecule has 0 unspecified atom stereocenters. The summed E-state index contributed by atoms with van der Waals surface area (Å²) in [7, 11) is 0. The van der Waals surface area contributed by atoms with E-state index < -0.39 is 0 Å². The first-order valence-corrected chi connectivity index (χ1v) is 8.63. The van der Waals surface area contributed by atoms with Gasteiger partial charge in [-0.1, -0.05) is 69.3 Å². The molecule has 0 saturated heterocycles. The highest BCUT2D eigenvalue weighted by molar-refractivity contribution is 5.94. The van der Waals surface area contributed by atoms with Gasteiger partial charge in [0, 0.05) is 5.69 Å². The van der Waals surface area contributed by atoms with Crippen LogP contribution >= 0.6 is 0 Å². The van der Waals surface area contributed by atoms with Gasteiger partial charge in [-0.2, -0.15) is 0 Å². The Hall–Kier alpha value is -2.62. The van der Waals surface area contributed by atoms with Crippen molar-refractivity contribution in [2.45, 2.75) is 39.0 Å². The second kappa shape index (κ2) is 9.02. The molecular weight excluding hydrogens is 314 g/mol. The molecule has 4 heteroatoms. The fourth-order valence-electron chi connectivity index (χ4n) is 2.76. The van der Waals surface area contributed by atoms with Crippen molar-refractivity contribution in [2.24, 2.45) is 0 Å². The Kier molecular flexibility index (Phi) is 6.75. The zero-order valence-electron chi connectivity index (χ0n) is 15.0. The van der Waals surface area contributed by atoms with E-state index in [0.29, 0.717) is 12.3 Å². The number of hydrogen-bond acceptors (Lipinski definition) is 3. The number of benzene rings is 2. The lowest BCUT2D eigenvalue weighted by atomic mass is 9.97. The average Bonchev–Trinajstić information content (AvgIpc) is 2.62. The van der Waals surface area contributed by atoms with Gasteiger partial charge in [0.25, 0.3) is 5.91 Å². The number of amides is 1. The van der Waals surface area contributed by atoms with Crippen molar-refractivity contribution in [2.75, 3.05) is 11.9 Å². The van der Waals surface area contributed by atoms with Crippen LogP contribution in [0.3, 0.4) is 0 Å². The monoisotopic (exact) mass is 339 g/mol. The third-order valence-corrected chi connectivity index (χ3v) is 4.10. The normalized spacial score (nSPS) is 11.8. The lowest BCUT2D eigenvalue weighted by molar-refractivity contribution is -0.149. The summed E-state index contributed by atoms with van der Waals surface area (Å²) in [5, 5.41) is 2.83. The molecule has 0 fully saturated rings. The van der Waals surface area contributed by atoms with E-state index in [0.717, 1.165) is 16.8 Å². The maximum atomic E-state index is 12.3. The van der Waals surface area contributed by atoms with Crippen molar-refractivity contribution >= 4 is 17.6 Å². The first-order chi connectivity index (χ1) is 12.0. The first-order valence-electron chi connectivity index (χ1n) is 8.63. The fourth-order valence-corrected chi connectivity index (χ4v) is 2.76. The maximum absolute atomic E-state index is 12.3. The van der Waals surface area contributed by atoms with Crippen LogP contribution < -0.4 is 5.32 Å². The van der Waals surface area contributed by atoms with Gasteiger partial charge in [-0.15, -0.1) is 0 Å². The smallest absolute Gasteiger partial charge is 0.313 e. The zero-order chi connectivity index (χ0) is 18.2. The van der Waals surface area contributed by atoms with Gasteiger partial charge in [-0.3, -0.25) is 9.59 Å². The van der Waals surface area contributed by atoms with Crippen molar-refractivity contribution in [3.8, 4) is 0 Å². The predicted molar refractivity (Wildman–Crippen MR) is 99.6 cm³/mol. The second-order valence-electron chi connectivity index (χ2n) is 6.27. The van der Waals surface area contributed by atoms with Crippen LogP contribution in [0, 0.1) is 0 Å². The van der Waals surface area contributed by atoms with E-state index in [1.165, 1.54) is 0 Å². The third kappa shape index (κ3) is 5.18. The summed E-state index contributed by atoms with van der Waals surface area (Å²) in [6.07, 6.45) is 0.626. The molecule has 0 spiro atoms. The molecule has 0 saturated carbocycles. The number of esters is 1. The summed E-state index contributed by atoms with van der Waals surface area (Å²) in [6.45, 7) is 5.78. The molecule has 0 aliphatic rings. The number of ether oxygens (including phenoxy) is 1. The van der Waals surface area contributed by atoms with Gasteiger partial charge < -0.3 is 10.1 Å². The quantitative estimate of drug-likeness (QED) is 0.756. The fraction of sp³-hybridized carbons (Fsp3) is 0.333. The van der Waals surface area contributed by atoms with Crippen molar-refractivity contribution in [3.05, 3.63) is 65.7 Å². The number of rotatable bonds is 7. The Balaban J connectivity index is 1.94. The standard InChI is InChI=1S/C21H25NO3/c1-4-17(16-10-6-5-7-11-16)21(24)25-14-20(23)22-19-13-9-8-12-18(19)15(2)3/h5-13,15,17H,4,14H2,1-3H3,(H,22,23)/t17-/m0/s1. The van der Waals surface area contributed by atoms with Gasteiger partial charge >= 0.3 is 5.97 Å². The van der Waals surface area contributed by atoms with Crippen LogP contribution in [0.2, 0.25) is 0 Å². The van der Waals surface area contributed by atoms with E-state index in [1.807, 2.05) is 61.5 Å². The molecule has 0 aliphatic carbocycles. The van der Waals surface area contributed by atoms with Crippen LogP contribution in [0.5, 0.6) is 0 Å². The number of para-hydroxylation sites is 1. The lowest BCUT2D eigenvalue weighted by Gasteiger charge is -2.16. The van der Waals surface area contributed by atoms with E-state index in [1.54, 1.807) is 0 Å². The van der Waals surface area contributed by atoms with Crippen LogP contribution in [-0.4, -0.2) is 18.5 Å². The van der Waals surface area contributed by atoms with Crippen molar-refractivity contribution in [3.63, 3.8) is 0 Å². The van der Waals surface area contributed by atoms with Gasteiger partial charge in [0.15, 0.2) is 6.61 Å². The van der Waals surface area contributed by atoms with E-state index in [-0.39, 0.29) is 24.4 Å². The molecule has 25 heavy (non-hydrogen) atoms. The summed E-state index contributed by atoms with van der Waals surface area (Å²) < 4.78 is 5.23. The number of anilines is 1. The summed E-state index contributed by atoms with van der Waals surface area (Å²) in [6, 6.07) is 17.1. The Bertz CT molecular complexity index is 710. The molecule has 0 bridgehead atoms. The van der Waals surface area contributed by atoms with E-state index in [9.17, 15) is 9.59 Å². The summed E-state index contributed by atoms with van der Waals surface area (Å²) in [5.74, 6) is -0.760. The van der Waals surface area contributed by atoms with Crippen molar-refractivity contribution < 1.29 is 14.3 Å². The summed E-state index contributed by atoms with van der Waals surface area (Å²) >= 11 is 0. The highest BCUT2D eigenvalue weighted by Gasteiger charge is 2.21. The van der Waals surface area contributed by atoms with Crippen molar-refractivity contribution in [1.29, 1.82) is 0 Å². The molecule has 2 rings (SSSR count). The van der Waals surface area contributed by atoms with Crippen molar-refractivity contribution in [1.82, 2.24) is 0 Å². The molecule has 1 amide bonds. The molecule has 1 N–H and O–H groups in total. The molecule has 1 atom stereocenters. The summed E-state index contributed by atoms with van der Waals surface area (Å²) in [5.41, 5.74) is 2.71. The minimum atomic E-state index is -0.374. The molecule has 2 aromatic carbocycles. The second-order valence-corrected chi connectivity index (χ2v) is 6.27. The molecule has 132 valence electrons. The predicted octanol–water partition coefficient (Wildman–Crippen LogP) is 4.49. The average molecular weight is 339 g/mol. The van der Waals surface area contributed by atoms with E-state index in [4.69, 9.17) is 4.74 Å². The Morgan fingerprint density at radius 1 is 1.00 bits per heavy atom. The Labute approximate surface area is 149 Å². The number of carbonyl (C=O) groups is 2. The minimum absolute atomic E-state index is 0.283. The van der Waals surface area contributed by atoms with E-state index in [2.05, 4.69) is 19.2 Å². The molecule has 4 nitrogen and oxygen atoms in total. The minimum Gasteiger partial charge on any atom is -0.455 e. The van der Waals surface area contributed by atoms with Crippen LogP contribution in [0.15, 0.2) is 54.6 Å². The first kappa shape index (κ1) is 18.7. The number of hydrogen-bond donors (Lipinski definition) is 1. The van der Waals surface area contributed by atoms with Gasteiger partial charge in [-0.25, -0.2) is 0 Å². The molecule has 0 radical (unpaired) electrons. The zero-order valence-corrected chi connectivity index (χ0v) is 15.0. The number of carbonyl (C=O) groups excluding carboxylic acids is 2. The lowest BCUT2D eigenvalue weighted by Crippen LogP contribution is -2.24. The largest absolute Gasteiger partial charge is 0.455 e. The molecule has 0 aliphatic heterocycles.